The Hall–Kier alpha value is -1.68. The fourth-order valence-electron chi connectivity index (χ4n) is 3.02. The van der Waals surface area contributed by atoms with E-state index in [1.165, 1.54) is 29.9 Å². The summed E-state index contributed by atoms with van der Waals surface area (Å²) in [5.74, 6) is 1.77. The van der Waals surface area contributed by atoms with Crippen molar-refractivity contribution in [2.45, 2.75) is 58.0 Å². The quantitative estimate of drug-likeness (QED) is 0.942. The minimum absolute atomic E-state index is 0.123. The smallest absolute Gasteiger partial charge is 0.113 e. The minimum Gasteiger partial charge on any atom is -0.334 e. The van der Waals surface area contributed by atoms with Crippen LogP contribution in [0.15, 0.2) is 30.7 Å². The van der Waals surface area contributed by atoms with E-state index in [9.17, 15) is 0 Å². The van der Waals surface area contributed by atoms with Crippen LogP contribution in [0.25, 0.3) is 0 Å². The third-order valence-electron chi connectivity index (χ3n) is 4.34. The molecule has 2 aromatic rings. The maximum atomic E-state index is 4.94. The molecule has 0 saturated carbocycles. The Morgan fingerprint density at radius 2 is 2.23 bits per heavy atom. The van der Waals surface area contributed by atoms with E-state index in [0.29, 0.717) is 5.92 Å². The Morgan fingerprint density at radius 1 is 1.36 bits per heavy atom. The number of fused-ring (bicyclic) bond motifs is 1. The Balaban J connectivity index is 1.65. The van der Waals surface area contributed by atoms with Crippen LogP contribution in [-0.2, 0) is 18.5 Å². The second kappa shape index (κ2) is 6.21. The molecule has 0 fully saturated rings. The van der Waals surface area contributed by atoms with E-state index in [-0.39, 0.29) is 5.41 Å². The van der Waals surface area contributed by atoms with Crippen molar-refractivity contribution in [2.24, 2.45) is 0 Å². The molecular weight excluding hydrogens is 272 g/mol. The van der Waals surface area contributed by atoms with Crippen LogP contribution in [0.4, 0.5) is 0 Å². The molecule has 0 spiro atoms. The van der Waals surface area contributed by atoms with Crippen molar-refractivity contribution in [3.05, 3.63) is 47.8 Å². The summed E-state index contributed by atoms with van der Waals surface area (Å²) in [5, 5.41) is 3.57. The number of pyridine rings is 1. The molecule has 2 aromatic heterocycles. The van der Waals surface area contributed by atoms with Crippen LogP contribution in [0.3, 0.4) is 0 Å². The lowest BCUT2D eigenvalue weighted by Gasteiger charge is -2.23. The van der Waals surface area contributed by atoms with Gasteiger partial charge < -0.3 is 9.88 Å². The maximum absolute atomic E-state index is 4.94. The van der Waals surface area contributed by atoms with E-state index in [1.807, 2.05) is 18.5 Å². The van der Waals surface area contributed by atoms with Gasteiger partial charge in [-0.05, 0) is 24.5 Å². The molecule has 0 aliphatic carbocycles. The van der Waals surface area contributed by atoms with Gasteiger partial charge >= 0.3 is 0 Å². The maximum Gasteiger partial charge on any atom is 0.113 e. The van der Waals surface area contributed by atoms with Crippen LogP contribution in [-0.4, -0.2) is 21.1 Å². The van der Waals surface area contributed by atoms with Crippen molar-refractivity contribution >= 4 is 0 Å². The number of aryl methyl sites for hydroxylation is 1. The first-order valence-corrected chi connectivity index (χ1v) is 8.21. The summed E-state index contributed by atoms with van der Waals surface area (Å²) >= 11 is 0. The predicted octanol–water partition coefficient (Wildman–Crippen LogP) is 3.24. The highest BCUT2D eigenvalue weighted by atomic mass is 15.1. The molecule has 118 valence electrons. The van der Waals surface area contributed by atoms with Crippen LogP contribution >= 0.6 is 0 Å². The Morgan fingerprint density at radius 3 is 2.95 bits per heavy atom. The first-order valence-electron chi connectivity index (χ1n) is 8.21. The zero-order valence-corrected chi connectivity index (χ0v) is 13.8. The highest BCUT2D eigenvalue weighted by Gasteiger charge is 2.26. The minimum atomic E-state index is 0.123. The van der Waals surface area contributed by atoms with Crippen LogP contribution in [0.2, 0.25) is 0 Å². The molecule has 1 aliphatic heterocycles. The molecule has 0 saturated heterocycles. The monoisotopic (exact) mass is 298 g/mol. The van der Waals surface area contributed by atoms with Gasteiger partial charge in [0.2, 0.25) is 0 Å². The number of aromatic nitrogens is 3. The van der Waals surface area contributed by atoms with E-state index < -0.39 is 0 Å². The number of nitrogens with one attached hydrogen (secondary N) is 1. The van der Waals surface area contributed by atoms with Gasteiger partial charge in [0, 0.05) is 49.6 Å². The molecule has 0 unspecified atom stereocenters. The van der Waals surface area contributed by atoms with Gasteiger partial charge in [0.25, 0.3) is 0 Å². The second-order valence-corrected chi connectivity index (χ2v) is 7.26. The molecule has 4 heteroatoms. The lowest BCUT2D eigenvalue weighted by Crippen LogP contribution is -2.26. The highest BCUT2D eigenvalue weighted by Crippen LogP contribution is 2.30. The van der Waals surface area contributed by atoms with Gasteiger partial charge in [0.1, 0.15) is 5.82 Å². The van der Waals surface area contributed by atoms with E-state index in [4.69, 9.17) is 4.98 Å². The zero-order chi connectivity index (χ0) is 15.6. The van der Waals surface area contributed by atoms with Crippen LogP contribution in [0.1, 0.15) is 56.6 Å². The van der Waals surface area contributed by atoms with E-state index >= 15 is 0 Å². The van der Waals surface area contributed by atoms with Crippen molar-refractivity contribution in [1.82, 2.24) is 19.9 Å². The molecule has 0 amide bonds. The van der Waals surface area contributed by atoms with Crippen molar-refractivity contribution < 1.29 is 0 Å². The molecule has 1 aliphatic rings. The van der Waals surface area contributed by atoms with Gasteiger partial charge in [-0.15, -0.1) is 0 Å². The SMILES string of the molecule is CC(C)(C)c1cn2c(n1)[C@@H](CNCc1cccnc1)CCC2. The normalized spacial score (nSPS) is 18.2. The Kier molecular flexibility index (Phi) is 4.30. The molecule has 3 heterocycles. The number of hydrogen-bond donors (Lipinski definition) is 1. The molecule has 1 N–H and O–H groups in total. The summed E-state index contributed by atoms with van der Waals surface area (Å²) < 4.78 is 2.36. The third kappa shape index (κ3) is 3.38. The summed E-state index contributed by atoms with van der Waals surface area (Å²) in [7, 11) is 0. The standard InChI is InChI=1S/C18H26N4/c1-18(2,3)16-13-22-9-5-7-15(17(22)21-16)12-20-11-14-6-4-8-19-10-14/h4,6,8,10,13,15,20H,5,7,9,11-12H2,1-3H3/t15-/m1/s1. The molecule has 0 bridgehead atoms. The number of rotatable bonds is 4. The molecule has 0 aromatic carbocycles. The molecule has 0 radical (unpaired) electrons. The first-order chi connectivity index (χ1) is 10.5. The lowest BCUT2D eigenvalue weighted by atomic mass is 9.93. The number of imidazole rings is 1. The van der Waals surface area contributed by atoms with Crippen LogP contribution in [0.5, 0.6) is 0 Å². The van der Waals surface area contributed by atoms with Crippen LogP contribution < -0.4 is 5.32 Å². The average molecular weight is 298 g/mol. The average Bonchev–Trinajstić information content (AvgIpc) is 2.93. The predicted molar refractivity (Wildman–Crippen MR) is 88.8 cm³/mol. The van der Waals surface area contributed by atoms with E-state index in [0.717, 1.165) is 19.6 Å². The van der Waals surface area contributed by atoms with Gasteiger partial charge in [0.05, 0.1) is 5.69 Å². The van der Waals surface area contributed by atoms with Gasteiger partial charge in [-0.2, -0.15) is 0 Å². The van der Waals surface area contributed by atoms with E-state index in [2.05, 4.69) is 47.9 Å². The van der Waals surface area contributed by atoms with Gasteiger partial charge in [-0.3, -0.25) is 4.98 Å². The Labute approximate surface area is 133 Å². The second-order valence-electron chi connectivity index (χ2n) is 7.26. The van der Waals surface area contributed by atoms with Crippen molar-refractivity contribution in [3.8, 4) is 0 Å². The van der Waals surface area contributed by atoms with E-state index in [1.54, 1.807) is 0 Å². The molecule has 1 atom stereocenters. The zero-order valence-electron chi connectivity index (χ0n) is 13.8. The molecule has 22 heavy (non-hydrogen) atoms. The lowest BCUT2D eigenvalue weighted by molar-refractivity contribution is 0.422. The van der Waals surface area contributed by atoms with Crippen molar-refractivity contribution in [1.29, 1.82) is 0 Å². The molecule has 4 nitrogen and oxygen atoms in total. The summed E-state index contributed by atoms with van der Waals surface area (Å²) in [6.07, 6.45) is 8.46. The van der Waals surface area contributed by atoms with Gasteiger partial charge in [0.15, 0.2) is 0 Å². The molecular formula is C18H26N4. The highest BCUT2D eigenvalue weighted by molar-refractivity contribution is 5.17. The van der Waals surface area contributed by atoms with Gasteiger partial charge in [-0.25, -0.2) is 4.98 Å². The topological polar surface area (TPSA) is 42.7 Å². The summed E-state index contributed by atoms with van der Waals surface area (Å²) in [6, 6.07) is 4.10. The summed E-state index contributed by atoms with van der Waals surface area (Å²) in [6.45, 7) is 9.66. The first kappa shape index (κ1) is 15.2. The number of nitrogens with zero attached hydrogens (tertiary/aromatic N) is 3. The molecule has 3 rings (SSSR count). The Bertz CT molecular complexity index is 610. The summed E-state index contributed by atoms with van der Waals surface area (Å²) in [5.41, 5.74) is 2.57. The third-order valence-corrected chi connectivity index (χ3v) is 4.34. The number of hydrogen-bond acceptors (Lipinski definition) is 3. The fraction of sp³-hybridized carbons (Fsp3) is 0.556. The van der Waals surface area contributed by atoms with Gasteiger partial charge in [-0.1, -0.05) is 26.8 Å². The van der Waals surface area contributed by atoms with Crippen molar-refractivity contribution in [2.75, 3.05) is 6.54 Å². The van der Waals surface area contributed by atoms with Crippen LogP contribution in [0, 0.1) is 0 Å². The fourth-order valence-corrected chi connectivity index (χ4v) is 3.02. The van der Waals surface area contributed by atoms with Crippen molar-refractivity contribution in [3.63, 3.8) is 0 Å². The largest absolute Gasteiger partial charge is 0.334 e. The summed E-state index contributed by atoms with van der Waals surface area (Å²) in [4.78, 5) is 9.10.